The maximum absolute atomic E-state index is 12.5. The summed E-state index contributed by atoms with van der Waals surface area (Å²) >= 11 is 0. The van der Waals surface area contributed by atoms with Gasteiger partial charge in [0.05, 0.1) is 11.1 Å². The Morgan fingerprint density at radius 2 is 1.46 bits per heavy atom. The van der Waals surface area contributed by atoms with E-state index in [1.807, 2.05) is 26.0 Å². The fourth-order valence-corrected chi connectivity index (χ4v) is 2.33. The molecule has 1 atom stereocenters. The van der Waals surface area contributed by atoms with Gasteiger partial charge in [0.25, 0.3) is 0 Å². The number of benzene rings is 2. The molecule has 0 amide bonds. The van der Waals surface area contributed by atoms with E-state index in [0.717, 1.165) is 11.1 Å². The maximum atomic E-state index is 12.5. The van der Waals surface area contributed by atoms with Crippen molar-refractivity contribution in [2.75, 3.05) is 6.61 Å². The Morgan fingerprint density at radius 3 is 1.92 bits per heavy atom. The Hall–Kier alpha value is -2.88. The van der Waals surface area contributed by atoms with Gasteiger partial charge in [-0.15, -0.1) is 0 Å². The van der Waals surface area contributed by atoms with Crippen LogP contribution in [0.3, 0.4) is 0 Å². The zero-order chi connectivity index (χ0) is 19.3. The van der Waals surface area contributed by atoms with Gasteiger partial charge in [-0.1, -0.05) is 42.0 Å². The molecular weight excluding hydrogens is 328 g/mol. The van der Waals surface area contributed by atoms with Gasteiger partial charge in [-0.2, -0.15) is 0 Å². The van der Waals surface area contributed by atoms with Gasteiger partial charge in [0, 0.05) is 0 Å². The van der Waals surface area contributed by atoms with Crippen LogP contribution >= 0.6 is 0 Å². The highest BCUT2D eigenvalue weighted by molar-refractivity contribution is 5.90. The van der Waals surface area contributed by atoms with Gasteiger partial charge in [0.15, 0.2) is 5.60 Å². The third-order valence-electron chi connectivity index (χ3n) is 4.21. The minimum Gasteiger partial charge on any atom is -0.457 e. The third kappa shape index (κ3) is 4.82. The number of ether oxygens (including phenoxy) is 2. The highest BCUT2D eigenvalue weighted by Gasteiger charge is 2.32. The molecule has 0 spiro atoms. The Kier molecular flexibility index (Phi) is 5.98. The second-order valence-corrected chi connectivity index (χ2v) is 6.72. The van der Waals surface area contributed by atoms with E-state index in [4.69, 9.17) is 9.47 Å². The number of esters is 2. The molecular formula is C22H24O4. The Balaban J connectivity index is 2.10. The molecule has 0 saturated carbocycles. The first-order valence-corrected chi connectivity index (χ1v) is 8.41. The quantitative estimate of drug-likeness (QED) is 0.561. The monoisotopic (exact) mass is 352 g/mol. The maximum Gasteiger partial charge on any atom is 0.339 e. The van der Waals surface area contributed by atoms with Crippen LogP contribution in [0.2, 0.25) is 0 Å². The van der Waals surface area contributed by atoms with Crippen LogP contribution in [0.15, 0.2) is 60.7 Å². The van der Waals surface area contributed by atoms with E-state index in [9.17, 15) is 9.59 Å². The van der Waals surface area contributed by atoms with E-state index >= 15 is 0 Å². The predicted octanol–water partition coefficient (Wildman–Crippen LogP) is 4.65. The number of rotatable bonds is 6. The largest absolute Gasteiger partial charge is 0.457 e. The van der Waals surface area contributed by atoms with Crippen LogP contribution in [0.5, 0.6) is 0 Å². The van der Waals surface area contributed by atoms with Gasteiger partial charge in [-0.05, 0) is 57.5 Å². The number of carbonyl (C=O) groups excluding carboxylic acids is 2. The molecule has 2 rings (SSSR count). The molecule has 0 aromatic heterocycles. The van der Waals surface area contributed by atoms with Crippen molar-refractivity contribution in [2.45, 2.75) is 33.3 Å². The summed E-state index contributed by atoms with van der Waals surface area (Å²) in [6, 6.07) is 14.3. The SMILES string of the molecule is C=C(C)C(C)(COC(=O)c1cccc(C)c1)OC(=O)c1cccc(C)c1. The molecule has 0 aliphatic carbocycles. The number of hydrogen-bond donors (Lipinski definition) is 0. The zero-order valence-corrected chi connectivity index (χ0v) is 15.7. The van der Waals surface area contributed by atoms with Crippen molar-refractivity contribution in [2.24, 2.45) is 0 Å². The van der Waals surface area contributed by atoms with E-state index < -0.39 is 17.5 Å². The molecule has 0 heterocycles. The lowest BCUT2D eigenvalue weighted by molar-refractivity contribution is -0.0286. The summed E-state index contributed by atoms with van der Waals surface area (Å²) in [5, 5.41) is 0. The van der Waals surface area contributed by atoms with Crippen molar-refractivity contribution in [3.63, 3.8) is 0 Å². The van der Waals surface area contributed by atoms with E-state index in [-0.39, 0.29) is 6.61 Å². The summed E-state index contributed by atoms with van der Waals surface area (Å²) < 4.78 is 11.0. The summed E-state index contributed by atoms with van der Waals surface area (Å²) in [6.07, 6.45) is 0. The summed E-state index contributed by atoms with van der Waals surface area (Å²) in [4.78, 5) is 24.7. The van der Waals surface area contributed by atoms with Gasteiger partial charge in [-0.3, -0.25) is 0 Å². The highest BCUT2D eigenvalue weighted by Crippen LogP contribution is 2.23. The molecule has 2 aromatic rings. The van der Waals surface area contributed by atoms with Crippen LogP contribution in [0.25, 0.3) is 0 Å². The molecule has 0 N–H and O–H groups in total. The van der Waals surface area contributed by atoms with Gasteiger partial charge in [0.1, 0.15) is 6.61 Å². The van der Waals surface area contributed by atoms with Crippen molar-refractivity contribution >= 4 is 11.9 Å². The summed E-state index contributed by atoms with van der Waals surface area (Å²) in [7, 11) is 0. The van der Waals surface area contributed by atoms with Crippen molar-refractivity contribution in [1.82, 2.24) is 0 Å². The van der Waals surface area contributed by atoms with Crippen molar-refractivity contribution < 1.29 is 19.1 Å². The van der Waals surface area contributed by atoms with Crippen molar-refractivity contribution in [3.05, 3.63) is 82.9 Å². The second-order valence-electron chi connectivity index (χ2n) is 6.72. The molecule has 136 valence electrons. The fourth-order valence-electron chi connectivity index (χ4n) is 2.33. The van der Waals surface area contributed by atoms with Gasteiger partial charge in [0.2, 0.25) is 0 Å². The van der Waals surface area contributed by atoms with E-state index in [2.05, 4.69) is 6.58 Å². The van der Waals surface area contributed by atoms with Crippen LogP contribution in [-0.4, -0.2) is 24.1 Å². The molecule has 0 radical (unpaired) electrons. The first-order valence-electron chi connectivity index (χ1n) is 8.41. The zero-order valence-electron chi connectivity index (χ0n) is 15.7. The normalized spacial score (nSPS) is 12.8. The van der Waals surface area contributed by atoms with Crippen LogP contribution in [-0.2, 0) is 9.47 Å². The summed E-state index contributed by atoms with van der Waals surface area (Å²) in [5.74, 6) is -0.946. The standard InChI is InChI=1S/C22H24O4/c1-15(2)22(5,26-21(24)19-11-7-9-17(4)13-19)14-25-20(23)18-10-6-8-16(3)12-18/h6-13H,1,14H2,2-5H3. The number of hydrogen-bond acceptors (Lipinski definition) is 4. The van der Waals surface area contributed by atoms with Gasteiger partial charge < -0.3 is 9.47 Å². The minimum absolute atomic E-state index is 0.104. The first-order chi connectivity index (χ1) is 12.2. The molecule has 4 nitrogen and oxygen atoms in total. The van der Waals surface area contributed by atoms with E-state index in [1.54, 1.807) is 50.2 Å². The van der Waals surface area contributed by atoms with Crippen LogP contribution < -0.4 is 0 Å². The Bertz CT molecular complexity index is 838. The Labute approximate surface area is 154 Å². The average Bonchev–Trinajstić information content (AvgIpc) is 2.59. The molecule has 0 aliphatic heterocycles. The average molecular weight is 352 g/mol. The molecule has 1 unspecified atom stereocenters. The molecule has 0 bridgehead atoms. The lowest BCUT2D eigenvalue weighted by Crippen LogP contribution is -2.38. The number of carbonyl (C=O) groups is 2. The second kappa shape index (κ2) is 8.00. The third-order valence-corrected chi connectivity index (χ3v) is 4.21. The van der Waals surface area contributed by atoms with Crippen LogP contribution in [0, 0.1) is 13.8 Å². The van der Waals surface area contributed by atoms with Crippen LogP contribution in [0.4, 0.5) is 0 Å². The van der Waals surface area contributed by atoms with Crippen molar-refractivity contribution in [3.8, 4) is 0 Å². The van der Waals surface area contributed by atoms with Gasteiger partial charge >= 0.3 is 11.9 Å². The number of aryl methyl sites for hydroxylation is 2. The van der Waals surface area contributed by atoms with Gasteiger partial charge in [-0.25, -0.2) is 9.59 Å². The fraction of sp³-hybridized carbons (Fsp3) is 0.273. The summed E-state index contributed by atoms with van der Waals surface area (Å²) in [5.41, 5.74) is 2.31. The predicted molar refractivity (Wildman–Crippen MR) is 101 cm³/mol. The smallest absolute Gasteiger partial charge is 0.339 e. The summed E-state index contributed by atoms with van der Waals surface area (Å²) in [6.45, 7) is 11.0. The molecule has 2 aromatic carbocycles. The van der Waals surface area contributed by atoms with E-state index in [1.165, 1.54) is 0 Å². The topological polar surface area (TPSA) is 52.6 Å². The highest BCUT2D eigenvalue weighted by atomic mass is 16.6. The lowest BCUT2D eigenvalue weighted by Gasteiger charge is -2.29. The lowest BCUT2D eigenvalue weighted by atomic mass is 9.99. The molecule has 26 heavy (non-hydrogen) atoms. The molecule has 0 saturated heterocycles. The Morgan fingerprint density at radius 1 is 0.962 bits per heavy atom. The first kappa shape index (κ1) is 19.4. The van der Waals surface area contributed by atoms with Crippen molar-refractivity contribution in [1.29, 1.82) is 0 Å². The molecule has 4 heteroatoms. The molecule has 0 fully saturated rings. The van der Waals surface area contributed by atoms with E-state index in [0.29, 0.717) is 16.7 Å². The minimum atomic E-state index is -1.11. The molecule has 0 aliphatic rings. The van der Waals surface area contributed by atoms with Crippen LogP contribution in [0.1, 0.15) is 45.7 Å².